The minimum Gasteiger partial charge on any atom is -0.369 e. The predicted molar refractivity (Wildman–Crippen MR) is 90.9 cm³/mol. The molecule has 1 aliphatic rings. The highest BCUT2D eigenvalue weighted by molar-refractivity contribution is 5.75. The molecule has 24 heavy (non-hydrogen) atoms. The van der Waals surface area contributed by atoms with E-state index in [9.17, 15) is 4.79 Å². The lowest BCUT2D eigenvalue weighted by Crippen LogP contribution is -2.40. The SMILES string of the molecule is CC(C)c1nccn1-c1cncc(C2CCCN(CC(N)=O)C2)n1. The summed E-state index contributed by atoms with van der Waals surface area (Å²) in [5, 5.41) is 0. The minimum atomic E-state index is -0.282. The Bertz CT molecular complexity index is 711. The molecule has 2 aromatic heterocycles. The van der Waals surface area contributed by atoms with Crippen molar-refractivity contribution in [2.75, 3.05) is 19.6 Å². The normalized spacial score (nSPS) is 18.9. The second kappa shape index (κ2) is 7.09. The predicted octanol–water partition coefficient (Wildman–Crippen LogP) is 1.45. The number of rotatable bonds is 5. The maximum Gasteiger partial charge on any atom is 0.231 e. The van der Waals surface area contributed by atoms with Gasteiger partial charge in [0.2, 0.25) is 5.91 Å². The van der Waals surface area contributed by atoms with Gasteiger partial charge in [0.05, 0.1) is 18.4 Å². The smallest absolute Gasteiger partial charge is 0.231 e. The quantitative estimate of drug-likeness (QED) is 0.897. The molecule has 7 nitrogen and oxygen atoms in total. The number of imidazole rings is 1. The van der Waals surface area contributed by atoms with Crippen LogP contribution in [-0.2, 0) is 4.79 Å². The van der Waals surface area contributed by atoms with Crippen LogP contribution in [0.15, 0.2) is 24.8 Å². The van der Waals surface area contributed by atoms with Crippen molar-refractivity contribution in [2.45, 2.75) is 38.5 Å². The first-order chi connectivity index (χ1) is 11.5. The van der Waals surface area contributed by atoms with Crippen LogP contribution in [0.1, 0.15) is 50.0 Å². The van der Waals surface area contributed by atoms with Gasteiger partial charge in [0.1, 0.15) is 5.82 Å². The molecule has 1 aliphatic heterocycles. The average Bonchev–Trinajstić information content (AvgIpc) is 3.04. The molecule has 1 atom stereocenters. The second-order valence-corrected chi connectivity index (χ2v) is 6.65. The van der Waals surface area contributed by atoms with Crippen LogP contribution in [-0.4, -0.2) is 50.0 Å². The van der Waals surface area contributed by atoms with Crippen molar-refractivity contribution in [3.8, 4) is 5.82 Å². The zero-order valence-electron chi connectivity index (χ0n) is 14.2. The van der Waals surface area contributed by atoms with E-state index in [1.807, 2.05) is 17.0 Å². The monoisotopic (exact) mass is 328 g/mol. The highest BCUT2D eigenvalue weighted by atomic mass is 16.1. The molecule has 0 bridgehead atoms. The summed E-state index contributed by atoms with van der Waals surface area (Å²) in [6.45, 7) is 6.23. The van der Waals surface area contributed by atoms with Crippen LogP contribution in [0.3, 0.4) is 0 Å². The first-order valence-corrected chi connectivity index (χ1v) is 8.41. The zero-order chi connectivity index (χ0) is 17.1. The lowest BCUT2D eigenvalue weighted by atomic mass is 9.95. The standard InChI is InChI=1S/C17H24N6O/c1-12(2)17-20-5-7-23(17)16-9-19-8-14(21-16)13-4-3-6-22(10-13)11-15(18)24/h5,7-9,12-13H,3-4,6,10-11H2,1-2H3,(H2,18,24). The molecule has 3 heterocycles. The fourth-order valence-corrected chi connectivity index (χ4v) is 3.28. The summed E-state index contributed by atoms with van der Waals surface area (Å²) in [4.78, 5) is 26.9. The van der Waals surface area contributed by atoms with Crippen LogP contribution in [0.4, 0.5) is 0 Å². The Morgan fingerprint density at radius 2 is 2.25 bits per heavy atom. The van der Waals surface area contributed by atoms with Gasteiger partial charge >= 0.3 is 0 Å². The van der Waals surface area contributed by atoms with Gasteiger partial charge in [-0.05, 0) is 19.4 Å². The molecule has 1 saturated heterocycles. The molecule has 0 radical (unpaired) electrons. The summed E-state index contributed by atoms with van der Waals surface area (Å²) in [6, 6.07) is 0. The number of amides is 1. The molecule has 0 saturated carbocycles. The van der Waals surface area contributed by atoms with Crippen LogP contribution in [0.2, 0.25) is 0 Å². The summed E-state index contributed by atoms with van der Waals surface area (Å²) in [7, 11) is 0. The summed E-state index contributed by atoms with van der Waals surface area (Å²) in [6.07, 6.45) is 9.39. The average molecular weight is 328 g/mol. The molecular weight excluding hydrogens is 304 g/mol. The van der Waals surface area contributed by atoms with Gasteiger partial charge in [-0.3, -0.25) is 19.2 Å². The maximum atomic E-state index is 11.2. The summed E-state index contributed by atoms with van der Waals surface area (Å²) >= 11 is 0. The van der Waals surface area contributed by atoms with Crippen LogP contribution >= 0.6 is 0 Å². The summed E-state index contributed by atoms with van der Waals surface area (Å²) in [5.74, 6) is 2.07. The third-order valence-corrected chi connectivity index (χ3v) is 4.38. The van der Waals surface area contributed by atoms with Crippen molar-refractivity contribution in [2.24, 2.45) is 5.73 Å². The lowest BCUT2D eigenvalue weighted by molar-refractivity contribution is -0.119. The van der Waals surface area contributed by atoms with E-state index in [-0.39, 0.29) is 11.8 Å². The van der Waals surface area contributed by atoms with Crippen molar-refractivity contribution in [1.82, 2.24) is 24.4 Å². The molecule has 2 N–H and O–H groups in total. The Kier molecular flexibility index (Phi) is 4.89. The molecule has 2 aromatic rings. The molecule has 0 spiro atoms. The van der Waals surface area contributed by atoms with Crippen molar-refractivity contribution < 1.29 is 4.79 Å². The van der Waals surface area contributed by atoms with Crippen molar-refractivity contribution in [3.05, 3.63) is 36.3 Å². The van der Waals surface area contributed by atoms with E-state index < -0.39 is 0 Å². The number of primary amides is 1. The molecule has 0 aromatic carbocycles. The number of piperidine rings is 1. The first kappa shape index (κ1) is 16.6. The molecule has 128 valence electrons. The third kappa shape index (κ3) is 3.62. The topological polar surface area (TPSA) is 89.9 Å². The molecule has 7 heteroatoms. The van der Waals surface area contributed by atoms with Crippen molar-refractivity contribution in [3.63, 3.8) is 0 Å². The van der Waals surface area contributed by atoms with Gasteiger partial charge in [0.15, 0.2) is 5.82 Å². The third-order valence-electron chi connectivity index (χ3n) is 4.38. The molecular formula is C17H24N6O. The van der Waals surface area contributed by atoms with Crippen LogP contribution < -0.4 is 5.73 Å². The van der Waals surface area contributed by atoms with E-state index in [0.29, 0.717) is 12.5 Å². The number of hydrogen-bond donors (Lipinski definition) is 1. The van der Waals surface area contributed by atoms with E-state index in [1.54, 1.807) is 12.4 Å². The Balaban J connectivity index is 1.82. The van der Waals surface area contributed by atoms with Gasteiger partial charge < -0.3 is 5.73 Å². The Hall–Kier alpha value is -2.28. The largest absolute Gasteiger partial charge is 0.369 e. The molecule has 3 rings (SSSR count). The number of carbonyl (C=O) groups is 1. The second-order valence-electron chi connectivity index (χ2n) is 6.65. The van der Waals surface area contributed by atoms with Crippen LogP contribution in [0.5, 0.6) is 0 Å². The van der Waals surface area contributed by atoms with Gasteiger partial charge in [-0.15, -0.1) is 0 Å². The molecule has 1 amide bonds. The number of carbonyl (C=O) groups excluding carboxylic acids is 1. The van der Waals surface area contributed by atoms with Crippen LogP contribution in [0.25, 0.3) is 5.82 Å². The number of aromatic nitrogens is 4. The molecule has 0 aliphatic carbocycles. The van der Waals surface area contributed by atoms with Gasteiger partial charge in [-0.25, -0.2) is 9.97 Å². The van der Waals surface area contributed by atoms with E-state index in [2.05, 4.69) is 28.7 Å². The number of hydrogen-bond acceptors (Lipinski definition) is 5. The van der Waals surface area contributed by atoms with Crippen molar-refractivity contribution >= 4 is 5.91 Å². The van der Waals surface area contributed by atoms with E-state index in [1.165, 1.54) is 0 Å². The zero-order valence-corrected chi connectivity index (χ0v) is 14.2. The van der Waals surface area contributed by atoms with Gasteiger partial charge in [-0.2, -0.15) is 0 Å². The first-order valence-electron chi connectivity index (χ1n) is 8.41. The van der Waals surface area contributed by atoms with E-state index in [0.717, 1.165) is 43.3 Å². The molecule has 1 unspecified atom stereocenters. The fraction of sp³-hybridized carbons (Fsp3) is 0.529. The number of nitrogens with zero attached hydrogens (tertiary/aromatic N) is 5. The fourth-order valence-electron chi connectivity index (χ4n) is 3.28. The summed E-state index contributed by atoms with van der Waals surface area (Å²) < 4.78 is 1.99. The van der Waals surface area contributed by atoms with E-state index in [4.69, 9.17) is 10.7 Å². The van der Waals surface area contributed by atoms with Crippen molar-refractivity contribution in [1.29, 1.82) is 0 Å². The maximum absolute atomic E-state index is 11.2. The highest BCUT2D eigenvalue weighted by Crippen LogP contribution is 2.26. The highest BCUT2D eigenvalue weighted by Gasteiger charge is 2.24. The Labute approximate surface area is 141 Å². The lowest BCUT2D eigenvalue weighted by Gasteiger charge is -2.31. The number of likely N-dealkylation sites (tertiary alicyclic amines) is 1. The van der Waals surface area contributed by atoms with E-state index >= 15 is 0 Å². The van der Waals surface area contributed by atoms with Gasteiger partial charge in [-0.1, -0.05) is 13.8 Å². The number of nitrogens with two attached hydrogens (primary N) is 1. The molecule has 1 fully saturated rings. The van der Waals surface area contributed by atoms with Gasteiger partial charge in [0.25, 0.3) is 0 Å². The Morgan fingerprint density at radius 1 is 1.42 bits per heavy atom. The van der Waals surface area contributed by atoms with Gasteiger partial charge in [0, 0.05) is 37.0 Å². The Morgan fingerprint density at radius 3 is 3.00 bits per heavy atom. The van der Waals surface area contributed by atoms with Crippen LogP contribution in [0, 0.1) is 0 Å². The summed E-state index contributed by atoms with van der Waals surface area (Å²) in [5.41, 5.74) is 6.28. The minimum absolute atomic E-state index is 0.275.